The first-order valence-electron chi connectivity index (χ1n) is 7.27. The fraction of sp³-hybridized carbons (Fsp3) is 0.733. The van der Waals surface area contributed by atoms with Gasteiger partial charge in [-0.05, 0) is 61.3 Å². The van der Waals surface area contributed by atoms with Crippen LogP contribution in [0.2, 0.25) is 0 Å². The summed E-state index contributed by atoms with van der Waals surface area (Å²) < 4.78 is 1.19. The van der Waals surface area contributed by atoms with Crippen molar-refractivity contribution in [1.29, 1.82) is 0 Å². The molecule has 1 heterocycles. The summed E-state index contributed by atoms with van der Waals surface area (Å²) in [5.74, 6) is 0. The molecular weight excluding hydrogens is 320 g/mol. The lowest BCUT2D eigenvalue weighted by Gasteiger charge is -2.38. The number of nitrogens with two attached hydrogens (primary N) is 1. The van der Waals surface area contributed by atoms with Crippen LogP contribution in [0.3, 0.4) is 0 Å². The van der Waals surface area contributed by atoms with Crippen LogP contribution < -0.4 is 5.73 Å². The first kappa shape index (κ1) is 17.2. The molecule has 1 aromatic heterocycles. The van der Waals surface area contributed by atoms with E-state index in [2.05, 4.69) is 60.7 Å². The lowest BCUT2D eigenvalue weighted by molar-refractivity contribution is 0.123. The quantitative estimate of drug-likeness (QED) is 0.732. The van der Waals surface area contributed by atoms with Gasteiger partial charge in [0.05, 0.1) is 9.83 Å². The van der Waals surface area contributed by atoms with Crippen LogP contribution in [0.15, 0.2) is 15.9 Å². The highest BCUT2D eigenvalue weighted by molar-refractivity contribution is 9.11. The molecule has 0 saturated heterocycles. The molecule has 0 spiro atoms. The van der Waals surface area contributed by atoms with Crippen molar-refractivity contribution in [3.8, 4) is 0 Å². The molecule has 2 N–H and O–H groups in total. The molecule has 0 radical (unpaired) electrons. The molecule has 4 heteroatoms. The van der Waals surface area contributed by atoms with E-state index in [0.717, 1.165) is 6.54 Å². The summed E-state index contributed by atoms with van der Waals surface area (Å²) in [6.45, 7) is 10.1. The van der Waals surface area contributed by atoms with Crippen molar-refractivity contribution in [3.63, 3.8) is 0 Å². The van der Waals surface area contributed by atoms with Gasteiger partial charge in [-0.2, -0.15) is 0 Å². The van der Waals surface area contributed by atoms with E-state index in [-0.39, 0.29) is 6.04 Å². The maximum atomic E-state index is 6.29. The molecule has 0 aliphatic carbocycles. The SMILES string of the molecule is CCCCN(C(C)CC)C(c1ccc(Br)s1)C(C)N. The molecule has 3 unspecified atom stereocenters. The second-order valence-electron chi connectivity index (χ2n) is 5.29. The van der Waals surface area contributed by atoms with Gasteiger partial charge in [-0.1, -0.05) is 20.3 Å². The van der Waals surface area contributed by atoms with E-state index in [1.165, 1.54) is 27.9 Å². The van der Waals surface area contributed by atoms with Crippen molar-refractivity contribution in [2.24, 2.45) is 5.73 Å². The number of thiophene rings is 1. The fourth-order valence-electron chi connectivity index (χ4n) is 2.42. The van der Waals surface area contributed by atoms with Gasteiger partial charge in [-0.15, -0.1) is 11.3 Å². The van der Waals surface area contributed by atoms with Crippen LogP contribution in [-0.2, 0) is 0 Å². The maximum Gasteiger partial charge on any atom is 0.0702 e. The van der Waals surface area contributed by atoms with E-state index in [4.69, 9.17) is 5.73 Å². The van der Waals surface area contributed by atoms with Gasteiger partial charge in [0.15, 0.2) is 0 Å². The third-order valence-corrected chi connectivity index (χ3v) is 5.36. The highest BCUT2D eigenvalue weighted by Crippen LogP contribution is 2.34. The number of nitrogens with zero attached hydrogens (tertiary/aromatic N) is 1. The predicted octanol–water partition coefficient (Wildman–Crippen LogP) is 4.80. The predicted molar refractivity (Wildman–Crippen MR) is 89.8 cm³/mol. The van der Waals surface area contributed by atoms with E-state index in [1.54, 1.807) is 0 Å². The summed E-state index contributed by atoms with van der Waals surface area (Å²) >= 11 is 5.37. The maximum absolute atomic E-state index is 6.29. The number of hydrogen-bond donors (Lipinski definition) is 1. The molecule has 0 fully saturated rings. The lowest BCUT2D eigenvalue weighted by atomic mass is 10.0. The smallest absolute Gasteiger partial charge is 0.0702 e. The minimum Gasteiger partial charge on any atom is -0.326 e. The number of unbranched alkanes of at least 4 members (excludes halogenated alkanes) is 1. The Kier molecular flexibility index (Phi) is 7.58. The molecule has 1 aromatic rings. The van der Waals surface area contributed by atoms with Gasteiger partial charge in [0.2, 0.25) is 0 Å². The summed E-state index contributed by atoms with van der Waals surface area (Å²) in [5, 5.41) is 0. The average molecular weight is 347 g/mol. The minimum atomic E-state index is 0.149. The average Bonchev–Trinajstić information content (AvgIpc) is 2.79. The zero-order chi connectivity index (χ0) is 14.4. The van der Waals surface area contributed by atoms with Crippen LogP contribution in [0, 0.1) is 0 Å². The van der Waals surface area contributed by atoms with Crippen LogP contribution in [0.25, 0.3) is 0 Å². The van der Waals surface area contributed by atoms with Gasteiger partial charge in [0.1, 0.15) is 0 Å². The largest absolute Gasteiger partial charge is 0.326 e. The third-order valence-electron chi connectivity index (χ3n) is 3.67. The zero-order valence-electron chi connectivity index (χ0n) is 12.5. The molecule has 0 aliphatic rings. The van der Waals surface area contributed by atoms with Crippen LogP contribution >= 0.6 is 27.3 Å². The molecule has 0 amide bonds. The first-order valence-corrected chi connectivity index (χ1v) is 8.88. The normalized spacial score (nSPS) is 16.6. The van der Waals surface area contributed by atoms with E-state index in [0.29, 0.717) is 12.1 Å². The summed E-state index contributed by atoms with van der Waals surface area (Å²) in [6, 6.07) is 5.39. The van der Waals surface area contributed by atoms with E-state index >= 15 is 0 Å². The number of hydrogen-bond acceptors (Lipinski definition) is 3. The molecule has 0 bridgehead atoms. The van der Waals surface area contributed by atoms with Crippen molar-refractivity contribution in [2.45, 2.75) is 65.1 Å². The lowest BCUT2D eigenvalue weighted by Crippen LogP contribution is -2.44. The molecule has 19 heavy (non-hydrogen) atoms. The molecule has 0 saturated carbocycles. The van der Waals surface area contributed by atoms with Gasteiger partial charge >= 0.3 is 0 Å². The Morgan fingerprint density at radius 2 is 2.00 bits per heavy atom. The van der Waals surface area contributed by atoms with Gasteiger partial charge in [-0.25, -0.2) is 0 Å². The Labute approximate surface area is 130 Å². The Bertz CT molecular complexity index is 365. The topological polar surface area (TPSA) is 29.3 Å². The minimum absolute atomic E-state index is 0.149. The van der Waals surface area contributed by atoms with Crippen molar-refractivity contribution in [2.75, 3.05) is 6.54 Å². The Morgan fingerprint density at radius 3 is 2.42 bits per heavy atom. The van der Waals surface area contributed by atoms with Gasteiger partial charge in [-0.3, -0.25) is 4.90 Å². The molecule has 0 aliphatic heterocycles. The molecule has 1 rings (SSSR count). The number of halogens is 1. The molecule has 0 aromatic carbocycles. The summed E-state index contributed by atoms with van der Waals surface area (Å²) in [6.07, 6.45) is 3.63. The molecular formula is C15H27BrN2S. The van der Waals surface area contributed by atoms with Crippen LogP contribution in [0.4, 0.5) is 0 Å². The van der Waals surface area contributed by atoms with E-state index in [1.807, 2.05) is 11.3 Å². The monoisotopic (exact) mass is 346 g/mol. The number of rotatable bonds is 8. The van der Waals surface area contributed by atoms with Crippen LogP contribution in [-0.4, -0.2) is 23.5 Å². The Hall–Kier alpha value is 0.1000. The molecule has 3 atom stereocenters. The van der Waals surface area contributed by atoms with Gasteiger partial charge in [0, 0.05) is 17.0 Å². The van der Waals surface area contributed by atoms with Gasteiger partial charge in [0.25, 0.3) is 0 Å². The van der Waals surface area contributed by atoms with Crippen molar-refractivity contribution in [3.05, 3.63) is 20.8 Å². The zero-order valence-corrected chi connectivity index (χ0v) is 14.9. The molecule has 110 valence electrons. The third kappa shape index (κ3) is 4.85. The van der Waals surface area contributed by atoms with Gasteiger partial charge < -0.3 is 5.73 Å². The van der Waals surface area contributed by atoms with Crippen LogP contribution in [0.5, 0.6) is 0 Å². The van der Waals surface area contributed by atoms with Crippen LogP contribution in [0.1, 0.15) is 57.9 Å². The molecule has 2 nitrogen and oxygen atoms in total. The summed E-state index contributed by atoms with van der Waals surface area (Å²) in [5.41, 5.74) is 6.29. The highest BCUT2D eigenvalue weighted by Gasteiger charge is 2.27. The van der Waals surface area contributed by atoms with Crippen molar-refractivity contribution in [1.82, 2.24) is 4.90 Å². The van der Waals surface area contributed by atoms with E-state index < -0.39 is 0 Å². The summed E-state index contributed by atoms with van der Waals surface area (Å²) in [7, 11) is 0. The fourth-order valence-corrected chi connectivity index (χ4v) is 4.08. The second kappa shape index (κ2) is 8.40. The van der Waals surface area contributed by atoms with Crippen molar-refractivity contribution >= 4 is 27.3 Å². The highest BCUT2D eigenvalue weighted by atomic mass is 79.9. The first-order chi connectivity index (χ1) is 9.01. The van der Waals surface area contributed by atoms with Crippen molar-refractivity contribution < 1.29 is 0 Å². The van der Waals surface area contributed by atoms with E-state index in [9.17, 15) is 0 Å². The Balaban J connectivity index is 2.97. The summed E-state index contributed by atoms with van der Waals surface area (Å²) in [4.78, 5) is 3.96. The second-order valence-corrected chi connectivity index (χ2v) is 7.79. The Morgan fingerprint density at radius 1 is 1.32 bits per heavy atom. The standard InChI is InChI=1S/C15H27BrN2S/c1-5-7-10-18(11(3)6-2)15(12(4)17)13-8-9-14(16)19-13/h8-9,11-12,15H,5-7,10,17H2,1-4H3.